The van der Waals surface area contributed by atoms with Gasteiger partial charge in [-0.2, -0.15) is 13.2 Å². The van der Waals surface area contributed by atoms with Crippen molar-refractivity contribution < 1.29 is 27.5 Å². The first-order valence-corrected chi connectivity index (χ1v) is 9.23. The maximum absolute atomic E-state index is 12.9. The van der Waals surface area contributed by atoms with Crippen molar-refractivity contribution in [2.45, 2.75) is 32.0 Å². The zero-order valence-electron chi connectivity index (χ0n) is 14.3. The van der Waals surface area contributed by atoms with Gasteiger partial charge in [0, 0.05) is 12.8 Å². The van der Waals surface area contributed by atoms with Gasteiger partial charge >= 0.3 is 6.18 Å². The molecular formula is C18H17ClF3NO3S. The minimum absolute atomic E-state index is 0.0210. The molecule has 1 aromatic heterocycles. The molecule has 1 unspecified atom stereocenters. The van der Waals surface area contributed by atoms with Gasteiger partial charge in [0.05, 0.1) is 20.8 Å². The van der Waals surface area contributed by atoms with Crippen LogP contribution in [0.15, 0.2) is 36.4 Å². The van der Waals surface area contributed by atoms with Crippen LogP contribution in [0.5, 0.6) is 5.75 Å². The predicted octanol–water partition coefficient (Wildman–Crippen LogP) is 4.97. The van der Waals surface area contributed by atoms with Crippen LogP contribution in [0.2, 0.25) is 4.34 Å². The number of thiophene rings is 1. The molecule has 1 N–H and O–H groups in total. The van der Waals surface area contributed by atoms with Crippen LogP contribution < -0.4 is 10.1 Å². The van der Waals surface area contributed by atoms with E-state index < -0.39 is 17.8 Å². The summed E-state index contributed by atoms with van der Waals surface area (Å²) in [6, 6.07) is 7.56. The van der Waals surface area contributed by atoms with E-state index in [9.17, 15) is 22.8 Å². The van der Waals surface area contributed by atoms with E-state index in [1.54, 1.807) is 19.1 Å². The number of benzene rings is 1. The van der Waals surface area contributed by atoms with Gasteiger partial charge in [-0.25, -0.2) is 0 Å². The molecule has 0 aliphatic rings. The molecule has 0 aliphatic heterocycles. The largest absolute Gasteiger partial charge is 0.491 e. The first-order chi connectivity index (χ1) is 12.7. The highest BCUT2D eigenvalue weighted by Crippen LogP contribution is 2.35. The summed E-state index contributed by atoms with van der Waals surface area (Å²) >= 11 is 6.91. The number of rotatable bonds is 8. The van der Waals surface area contributed by atoms with Gasteiger partial charge in [0.25, 0.3) is 0 Å². The van der Waals surface area contributed by atoms with Crippen LogP contribution in [0.1, 0.15) is 35.0 Å². The minimum Gasteiger partial charge on any atom is -0.491 e. The second kappa shape index (κ2) is 9.23. The lowest BCUT2D eigenvalue weighted by Gasteiger charge is -2.17. The van der Waals surface area contributed by atoms with Crippen molar-refractivity contribution >= 4 is 34.6 Å². The molecule has 146 valence electrons. The van der Waals surface area contributed by atoms with E-state index in [0.717, 1.165) is 17.4 Å². The summed E-state index contributed by atoms with van der Waals surface area (Å²) < 4.78 is 44.4. The van der Waals surface area contributed by atoms with Crippen molar-refractivity contribution in [2.24, 2.45) is 0 Å². The lowest BCUT2D eigenvalue weighted by molar-refractivity contribution is -0.139. The Kier molecular flexibility index (Phi) is 7.26. The lowest BCUT2D eigenvalue weighted by atomic mass is 10.2. The summed E-state index contributed by atoms with van der Waals surface area (Å²) in [5, 5.41) is 2.60. The number of alkyl halides is 3. The minimum atomic E-state index is -4.52. The van der Waals surface area contributed by atoms with Crippen molar-refractivity contribution in [2.75, 3.05) is 6.61 Å². The number of Topliss-reactive ketones (excluding diaryl/α,β-unsaturated/α-hetero) is 1. The van der Waals surface area contributed by atoms with Crippen molar-refractivity contribution in [3.63, 3.8) is 0 Å². The Morgan fingerprint density at radius 3 is 2.52 bits per heavy atom. The smallest absolute Gasteiger partial charge is 0.419 e. The predicted molar refractivity (Wildman–Crippen MR) is 97.4 cm³/mol. The quantitative estimate of drug-likeness (QED) is 0.615. The van der Waals surface area contributed by atoms with Gasteiger partial charge in [0.2, 0.25) is 5.91 Å². The van der Waals surface area contributed by atoms with E-state index in [2.05, 4.69) is 5.32 Å². The molecule has 2 rings (SSSR count). The summed E-state index contributed by atoms with van der Waals surface area (Å²) in [4.78, 5) is 24.3. The number of nitrogens with one attached hydrogen (secondary N) is 1. The normalized spacial score (nSPS) is 12.5. The number of carbonyl (C=O) groups is 2. The Hall–Kier alpha value is -2.06. The molecule has 1 heterocycles. The Balaban J connectivity index is 1.79. The number of halogens is 4. The fourth-order valence-corrected chi connectivity index (χ4v) is 3.26. The fraction of sp³-hybridized carbons (Fsp3) is 0.333. The summed E-state index contributed by atoms with van der Waals surface area (Å²) in [7, 11) is 0. The molecule has 1 aromatic carbocycles. The molecule has 27 heavy (non-hydrogen) atoms. The van der Waals surface area contributed by atoms with Gasteiger partial charge in [-0.15, -0.1) is 11.3 Å². The number of hydrogen-bond acceptors (Lipinski definition) is 4. The van der Waals surface area contributed by atoms with Crippen LogP contribution in [0.25, 0.3) is 0 Å². The third-order valence-electron chi connectivity index (χ3n) is 3.52. The third-order valence-corrected chi connectivity index (χ3v) is 4.79. The number of ketones is 1. The fourth-order valence-electron chi connectivity index (χ4n) is 2.24. The Bertz CT molecular complexity index is 807. The van der Waals surface area contributed by atoms with Gasteiger partial charge in [-0.1, -0.05) is 23.7 Å². The van der Waals surface area contributed by atoms with E-state index in [1.165, 1.54) is 18.2 Å². The maximum Gasteiger partial charge on any atom is 0.419 e. The molecule has 1 amide bonds. The van der Waals surface area contributed by atoms with Crippen molar-refractivity contribution in [1.82, 2.24) is 5.32 Å². The average molecular weight is 420 g/mol. The van der Waals surface area contributed by atoms with E-state index in [4.69, 9.17) is 16.3 Å². The van der Waals surface area contributed by atoms with E-state index in [0.29, 0.717) is 9.21 Å². The summed E-state index contributed by atoms with van der Waals surface area (Å²) in [5.74, 6) is -0.868. The number of amides is 1. The second-order valence-electron chi connectivity index (χ2n) is 5.80. The highest BCUT2D eigenvalue weighted by Gasteiger charge is 2.34. The van der Waals surface area contributed by atoms with Crippen LogP contribution in [-0.4, -0.2) is 24.3 Å². The van der Waals surface area contributed by atoms with Crippen LogP contribution in [0, 0.1) is 0 Å². The van der Waals surface area contributed by atoms with Gasteiger partial charge in [0.15, 0.2) is 5.78 Å². The maximum atomic E-state index is 12.9. The molecule has 0 bridgehead atoms. The monoisotopic (exact) mass is 419 g/mol. The lowest BCUT2D eigenvalue weighted by Crippen LogP contribution is -2.37. The molecule has 0 aliphatic carbocycles. The topological polar surface area (TPSA) is 55.4 Å². The zero-order chi connectivity index (χ0) is 20.0. The van der Waals surface area contributed by atoms with Gasteiger partial charge in [-0.3, -0.25) is 9.59 Å². The summed E-state index contributed by atoms with van der Waals surface area (Å²) in [5.41, 5.74) is -0.872. The standard InChI is InChI=1S/C18H17ClF3NO3S/c1-11(10-26-14-5-3-2-4-12(14)18(20,21)22)23-17(25)9-6-13(24)15-7-8-16(19)27-15/h2-5,7-8,11H,6,9-10H2,1H3,(H,23,25). The van der Waals surface area contributed by atoms with Crippen molar-refractivity contribution in [3.05, 3.63) is 51.2 Å². The first-order valence-electron chi connectivity index (χ1n) is 8.03. The van der Waals surface area contributed by atoms with Crippen LogP contribution in [0.4, 0.5) is 13.2 Å². The summed E-state index contributed by atoms with van der Waals surface area (Å²) in [6.07, 6.45) is -4.53. The number of ether oxygens (including phenoxy) is 1. The number of carbonyl (C=O) groups excluding carboxylic acids is 2. The molecular weight excluding hydrogens is 403 g/mol. The van der Waals surface area contributed by atoms with E-state index >= 15 is 0 Å². The molecule has 1 atom stereocenters. The highest BCUT2D eigenvalue weighted by atomic mass is 35.5. The van der Waals surface area contributed by atoms with Crippen molar-refractivity contribution in [1.29, 1.82) is 0 Å². The zero-order valence-corrected chi connectivity index (χ0v) is 15.9. The molecule has 9 heteroatoms. The third kappa shape index (κ3) is 6.55. The molecule has 0 saturated carbocycles. The number of hydrogen-bond donors (Lipinski definition) is 1. The molecule has 0 radical (unpaired) electrons. The molecule has 0 saturated heterocycles. The van der Waals surface area contributed by atoms with Crippen LogP contribution in [0.3, 0.4) is 0 Å². The Morgan fingerprint density at radius 2 is 1.89 bits per heavy atom. The van der Waals surface area contributed by atoms with E-state index in [1.807, 2.05) is 0 Å². The molecule has 0 fully saturated rings. The SMILES string of the molecule is CC(COc1ccccc1C(F)(F)F)NC(=O)CCC(=O)c1ccc(Cl)s1. The van der Waals surface area contributed by atoms with Gasteiger partial charge < -0.3 is 10.1 Å². The number of para-hydroxylation sites is 1. The van der Waals surface area contributed by atoms with Crippen LogP contribution in [-0.2, 0) is 11.0 Å². The molecule has 0 spiro atoms. The Labute approximate surface area is 163 Å². The first kappa shape index (κ1) is 21.2. The van der Waals surface area contributed by atoms with Crippen molar-refractivity contribution in [3.8, 4) is 5.75 Å². The Morgan fingerprint density at radius 1 is 1.19 bits per heavy atom. The molecule has 2 aromatic rings. The van der Waals surface area contributed by atoms with Crippen LogP contribution >= 0.6 is 22.9 Å². The average Bonchev–Trinajstić information content (AvgIpc) is 3.04. The van der Waals surface area contributed by atoms with Gasteiger partial charge in [-0.05, 0) is 31.2 Å². The summed E-state index contributed by atoms with van der Waals surface area (Å²) in [6.45, 7) is 1.47. The van der Waals surface area contributed by atoms with E-state index in [-0.39, 0.29) is 36.9 Å². The highest BCUT2D eigenvalue weighted by molar-refractivity contribution is 7.18. The second-order valence-corrected chi connectivity index (χ2v) is 7.52. The molecule has 4 nitrogen and oxygen atoms in total. The van der Waals surface area contributed by atoms with Gasteiger partial charge in [0.1, 0.15) is 12.4 Å².